The van der Waals surface area contributed by atoms with Crippen molar-refractivity contribution < 1.29 is 18.6 Å². The number of ether oxygens (including phenoxy) is 3. The third kappa shape index (κ3) is 3.24. The van der Waals surface area contributed by atoms with E-state index in [1.807, 2.05) is 24.3 Å². The van der Waals surface area contributed by atoms with Crippen molar-refractivity contribution in [3.63, 3.8) is 0 Å². The summed E-state index contributed by atoms with van der Waals surface area (Å²) in [7, 11) is 1.52. The molecule has 19 heavy (non-hydrogen) atoms. The van der Waals surface area contributed by atoms with Crippen molar-refractivity contribution in [3.8, 4) is 0 Å². The first kappa shape index (κ1) is 13.8. The number of hydrogen-bond donors (Lipinski definition) is 1. The molecule has 0 radical (unpaired) electrons. The Morgan fingerprint density at radius 3 is 2.58 bits per heavy atom. The summed E-state index contributed by atoms with van der Waals surface area (Å²) in [6.45, 7) is 0.488. The van der Waals surface area contributed by atoms with Gasteiger partial charge in [0, 0.05) is 12.7 Å². The molecular formula is C14H18FNO3. The molecule has 2 unspecified atom stereocenters. The van der Waals surface area contributed by atoms with Gasteiger partial charge in [-0.3, -0.25) is 0 Å². The van der Waals surface area contributed by atoms with E-state index in [0.29, 0.717) is 19.0 Å². The summed E-state index contributed by atoms with van der Waals surface area (Å²) >= 11 is 0. The Bertz CT molecular complexity index is 433. The Hall–Kier alpha value is -1.59. The van der Waals surface area contributed by atoms with E-state index in [2.05, 4.69) is 0 Å². The zero-order chi connectivity index (χ0) is 13.7. The van der Waals surface area contributed by atoms with E-state index < -0.39 is 18.8 Å². The average molecular weight is 267 g/mol. The molecule has 0 bridgehead atoms. The number of rotatable bonds is 5. The highest BCUT2D eigenvalue weighted by Crippen LogP contribution is 2.24. The number of benzene rings is 1. The standard InChI is InChI=1S/C14H18FNO3/c1-17-14(12(16)8-15)11-4-2-10(3-5-11)13-9-18-6-7-19-13/h2-5,9,12,14H,6-8,16H2,1H3. The number of nitrogens with two attached hydrogens (primary N) is 1. The van der Waals surface area contributed by atoms with Crippen molar-refractivity contribution in [1.82, 2.24) is 0 Å². The van der Waals surface area contributed by atoms with Crippen LogP contribution < -0.4 is 5.73 Å². The largest absolute Gasteiger partial charge is 0.494 e. The zero-order valence-corrected chi connectivity index (χ0v) is 10.8. The fourth-order valence-electron chi connectivity index (χ4n) is 2.00. The highest BCUT2D eigenvalue weighted by molar-refractivity contribution is 5.59. The number of hydrogen-bond acceptors (Lipinski definition) is 4. The Labute approximate surface area is 112 Å². The summed E-state index contributed by atoms with van der Waals surface area (Å²) in [6, 6.07) is 6.82. The summed E-state index contributed by atoms with van der Waals surface area (Å²) in [6.07, 6.45) is 1.15. The molecule has 2 rings (SSSR count). The van der Waals surface area contributed by atoms with Gasteiger partial charge in [0.15, 0.2) is 5.76 Å². The van der Waals surface area contributed by atoms with Gasteiger partial charge >= 0.3 is 0 Å². The first-order valence-electron chi connectivity index (χ1n) is 6.15. The smallest absolute Gasteiger partial charge is 0.161 e. The Kier molecular flexibility index (Phi) is 4.76. The molecule has 0 saturated carbocycles. The minimum atomic E-state index is -0.663. The Morgan fingerprint density at radius 2 is 2.05 bits per heavy atom. The topological polar surface area (TPSA) is 53.7 Å². The summed E-state index contributed by atoms with van der Waals surface area (Å²) in [5.74, 6) is 0.696. The molecule has 1 aromatic rings. The molecule has 0 spiro atoms. The lowest BCUT2D eigenvalue weighted by Crippen LogP contribution is -2.31. The second kappa shape index (κ2) is 6.54. The van der Waals surface area contributed by atoms with Crippen molar-refractivity contribution in [3.05, 3.63) is 41.7 Å². The maximum absolute atomic E-state index is 12.6. The van der Waals surface area contributed by atoms with Crippen LogP contribution in [0.15, 0.2) is 30.5 Å². The van der Waals surface area contributed by atoms with Crippen LogP contribution in [0.25, 0.3) is 5.76 Å². The van der Waals surface area contributed by atoms with Gasteiger partial charge in [0.25, 0.3) is 0 Å². The number of alkyl halides is 1. The predicted molar refractivity (Wildman–Crippen MR) is 70.0 cm³/mol. The van der Waals surface area contributed by atoms with Crippen LogP contribution in [0.4, 0.5) is 4.39 Å². The summed E-state index contributed by atoms with van der Waals surface area (Å²) in [5.41, 5.74) is 7.44. The minimum absolute atomic E-state index is 0.448. The van der Waals surface area contributed by atoms with Crippen molar-refractivity contribution >= 4 is 5.76 Å². The van der Waals surface area contributed by atoms with Crippen molar-refractivity contribution in [2.75, 3.05) is 27.0 Å². The van der Waals surface area contributed by atoms with Gasteiger partial charge in [0.1, 0.15) is 26.2 Å². The molecule has 2 atom stereocenters. The van der Waals surface area contributed by atoms with Crippen LogP contribution >= 0.6 is 0 Å². The molecule has 1 aliphatic heterocycles. The molecule has 1 aromatic carbocycles. The maximum atomic E-state index is 12.6. The molecule has 0 amide bonds. The molecule has 5 heteroatoms. The Balaban J connectivity index is 2.15. The van der Waals surface area contributed by atoms with Gasteiger partial charge in [-0.25, -0.2) is 4.39 Å². The van der Waals surface area contributed by atoms with E-state index in [1.54, 1.807) is 6.26 Å². The lowest BCUT2D eigenvalue weighted by molar-refractivity contribution is 0.0720. The van der Waals surface area contributed by atoms with Crippen LogP contribution in [-0.4, -0.2) is 33.0 Å². The van der Waals surface area contributed by atoms with E-state index >= 15 is 0 Å². The summed E-state index contributed by atoms with van der Waals surface area (Å²) in [5, 5.41) is 0. The number of methoxy groups -OCH3 is 1. The quantitative estimate of drug-likeness (QED) is 0.886. The third-order valence-corrected chi connectivity index (χ3v) is 2.99. The van der Waals surface area contributed by atoms with Gasteiger partial charge in [-0.05, 0) is 5.56 Å². The monoisotopic (exact) mass is 267 g/mol. The van der Waals surface area contributed by atoms with E-state index in [1.165, 1.54) is 7.11 Å². The molecule has 104 valence electrons. The zero-order valence-electron chi connectivity index (χ0n) is 10.8. The van der Waals surface area contributed by atoms with Gasteiger partial charge in [0.2, 0.25) is 0 Å². The number of halogens is 1. The van der Waals surface area contributed by atoms with Gasteiger partial charge in [-0.2, -0.15) is 0 Å². The maximum Gasteiger partial charge on any atom is 0.161 e. The van der Waals surface area contributed by atoms with E-state index in [0.717, 1.165) is 11.1 Å². The molecule has 1 heterocycles. The lowest BCUT2D eigenvalue weighted by Gasteiger charge is -2.21. The minimum Gasteiger partial charge on any atom is -0.494 e. The van der Waals surface area contributed by atoms with Crippen LogP contribution in [0, 0.1) is 0 Å². The second-order valence-corrected chi connectivity index (χ2v) is 4.30. The van der Waals surface area contributed by atoms with Gasteiger partial charge in [0.05, 0.1) is 12.1 Å². The fraction of sp³-hybridized carbons (Fsp3) is 0.429. The molecule has 0 saturated heterocycles. The SMILES string of the molecule is COC(c1ccc(C2=COCCO2)cc1)C(N)CF. The van der Waals surface area contributed by atoms with E-state index in [4.69, 9.17) is 19.9 Å². The molecule has 4 nitrogen and oxygen atoms in total. The highest BCUT2D eigenvalue weighted by Gasteiger charge is 2.19. The van der Waals surface area contributed by atoms with E-state index in [-0.39, 0.29) is 0 Å². The predicted octanol–water partition coefficient (Wildman–Crippen LogP) is 2.02. The molecule has 1 aliphatic rings. The molecular weight excluding hydrogens is 249 g/mol. The highest BCUT2D eigenvalue weighted by atomic mass is 19.1. The normalized spacial score (nSPS) is 17.9. The van der Waals surface area contributed by atoms with Gasteiger partial charge in [-0.1, -0.05) is 24.3 Å². The fourth-order valence-corrected chi connectivity index (χ4v) is 2.00. The van der Waals surface area contributed by atoms with E-state index in [9.17, 15) is 4.39 Å². The van der Waals surface area contributed by atoms with Crippen molar-refractivity contribution in [1.29, 1.82) is 0 Å². The summed E-state index contributed by atoms with van der Waals surface area (Å²) < 4.78 is 28.6. The van der Waals surface area contributed by atoms with Gasteiger partial charge < -0.3 is 19.9 Å². The summed E-state index contributed by atoms with van der Waals surface area (Å²) in [4.78, 5) is 0. The third-order valence-electron chi connectivity index (χ3n) is 2.99. The molecule has 0 aromatic heterocycles. The van der Waals surface area contributed by atoms with Crippen LogP contribution in [0.5, 0.6) is 0 Å². The second-order valence-electron chi connectivity index (χ2n) is 4.30. The van der Waals surface area contributed by atoms with Crippen molar-refractivity contribution in [2.45, 2.75) is 12.1 Å². The van der Waals surface area contributed by atoms with Crippen LogP contribution in [0.2, 0.25) is 0 Å². The van der Waals surface area contributed by atoms with Crippen LogP contribution in [-0.2, 0) is 14.2 Å². The first-order valence-corrected chi connectivity index (χ1v) is 6.15. The van der Waals surface area contributed by atoms with Crippen LogP contribution in [0.3, 0.4) is 0 Å². The average Bonchev–Trinajstić information content (AvgIpc) is 2.49. The van der Waals surface area contributed by atoms with Crippen molar-refractivity contribution in [2.24, 2.45) is 5.73 Å². The van der Waals surface area contributed by atoms with Crippen LogP contribution in [0.1, 0.15) is 17.2 Å². The van der Waals surface area contributed by atoms with Gasteiger partial charge in [-0.15, -0.1) is 0 Å². The molecule has 0 fully saturated rings. The molecule has 0 aliphatic carbocycles. The first-order chi connectivity index (χ1) is 9.26. The lowest BCUT2D eigenvalue weighted by atomic mass is 10.0. The molecule has 2 N–H and O–H groups in total. The Morgan fingerprint density at radius 1 is 1.32 bits per heavy atom.